The third-order valence-electron chi connectivity index (χ3n) is 2.03. The van der Waals surface area contributed by atoms with Crippen LogP contribution in [0.5, 0.6) is 11.6 Å². The van der Waals surface area contributed by atoms with Crippen molar-refractivity contribution in [2.45, 2.75) is 0 Å². The highest BCUT2D eigenvalue weighted by molar-refractivity contribution is 9.10. The van der Waals surface area contributed by atoms with Gasteiger partial charge in [-0.2, -0.15) is 0 Å². The molecule has 7 heteroatoms. The van der Waals surface area contributed by atoms with Crippen LogP contribution in [0, 0.1) is 10.1 Å². The first-order chi connectivity index (χ1) is 8.56. The van der Waals surface area contributed by atoms with Crippen molar-refractivity contribution in [2.75, 3.05) is 0 Å². The predicted molar refractivity (Wildman–Crippen MR) is 70.1 cm³/mol. The van der Waals surface area contributed by atoms with E-state index < -0.39 is 4.92 Å². The average molecular weight is 330 g/mol. The molecule has 18 heavy (non-hydrogen) atoms. The lowest BCUT2D eigenvalue weighted by molar-refractivity contribution is -0.385. The lowest BCUT2D eigenvalue weighted by atomic mass is 10.3. The SMILES string of the molecule is O=[N+]([O-])c1cc(Cl)ccc1Oc1ccc(Br)cn1. The second-order valence-electron chi connectivity index (χ2n) is 3.29. The Balaban J connectivity index is 2.34. The smallest absolute Gasteiger partial charge is 0.313 e. The topological polar surface area (TPSA) is 65.3 Å². The highest BCUT2D eigenvalue weighted by Gasteiger charge is 2.16. The number of benzene rings is 1. The number of nitrogens with zero attached hydrogens (tertiary/aromatic N) is 2. The van der Waals surface area contributed by atoms with Crippen LogP contribution in [0.3, 0.4) is 0 Å². The van der Waals surface area contributed by atoms with Crippen molar-refractivity contribution in [3.63, 3.8) is 0 Å². The minimum absolute atomic E-state index is 0.0965. The molecule has 92 valence electrons. The molecule has 0 aliphatic heterocycles. The van der Waals surface area contributed by atoms with Gasteiger partial charge in [0.1, 0.15) is 0 Å². The van der Waals surface area contributed by atoms with E-state index in [-0.39, 0.29) is 22.3 Å². The lowest BCUT2D eigenvalue weighted by Gasteiger charge is -2.05. The minimum Gasteiger partial charge on any atom is -0.432 e. The molecule has 1 heterocycles. The van der Waals surface area contributed by atoms with Crippen LogP contribution in [0.25, 0.3) is 0 Å². The maximum atomic E-state index is 10.9. The van der Waals surface area contributed by atoms with Crippen LogP contribution in [0.15, 0.2) is 41.0 Å². The van der Waals surface area contributed by atoms with Gasteiger partial charge < -0.3 is 4.74 Å². The fraction of sp³-hybridized carbons (Fsp3) is 0. The quantitative estimate of drug-likeness (QED) is 0.625. The normalized spacial score (nSPS) is 10.1. The predicted octanol–water partition coefficient (Wildman–Crippen LogP) is 4.20. The van der Waals surface area contributed by atoms with Crippen molar-refractivity contribution in [2.24, 2.45) is 0 Å². The van der Waals surface area contributed by atoms with Crippen molar-refractivity contribution >= 4 is 33.2 Å². The van der Waals surface area contributed by atoms with Crippen molar-refractivity contribution in [3.05, 3.63) is 56.1 Å². The Labute approximate surface area is 116 Å². The monoisotopic (exact) mass is 328 g/mol. The number of ether oxygens (including phenoxy) is 1. The Morgan fingerprint density at radius 1 is 1.33 bits per heavy atom. The van der Waals surface area contributed by atoms with Crippen LogP contribution < -0.4 is 4.74 Å². The van der Waals surface area contributed by atoms with E-state index in [9.17, 15) is 10.1 Å². The summed E-state index contributed by atoms with van der Waals surface area (Å²) in [5.74, 6) is 0.364. The summed E-state index contributed by atoms with van der Waals surface area (Å²) < 4.78 is 6.14. The summed E-state index contributed by atoms with van der Waals surface area (Å²) in [4.78, 5) is 14.3. The van der Waals surface area contributed by atoms with Crippen LogP contribution in [-0.2, 0) is 0 Å². The third kappa shape index (κ3) is 2.96. The highest BCUT2D eigenvalue weighted by atomic mass is 79.9. The Morgan fingerprint density at radius 3 is 2.72 bits per heavy atom. The maximum Gasteiger partial charge on any atom is 0.313 e. The van der Waals surface area contributed by atoms with Gasteiger partial charge in [0.2, 0.25) is 11.6 Å². The number of aromatic nitrogens is 1. The summed E-state index contributed by atoms with van der Waals surface area (Å²) in [6.07, 6.45) is 1.54. The van der Waals surface area contributed by atoms with E-state index in [0.29, 0.717) is 0 Å². The van der Waals surface area contributed by atoms with Crippen LogP contribution in [-0.4, -0.2) is 9.91 Å². The van der Waals surface area contributed by atoms with E-state index in [2.05, 4.69) is 20.9 Å². The van der Waals surface area contributed by atoms with Crippen LogP contribution in [0.2, 0.25) is 5.02 Å². The standard InChI is InChI=1S/C11H6BrClN2O3/c12-7-1-4-11(14-6-7)18-10-3-2-8(13)5-9(10)15(16)17/h1-6H. The van der Waals surface area contributed by atoms with Crippen LogP contribution >= 0.6 is 27.5 Å². The fourth-order valence-corrected chi connectivity index (χ4v) is 1.66. The molecule has 0 atom stereocenters. The average Bonchev–Trinajstić information content (AvgIpc) is 2.34. The molecule has 0 bridgehead atoms. The summed E-state index contributed by atoms with van der Waals surface area (Å²) in [6, 6.07) is 7.51. The summed E-state index contributed by atoms with van der Waals surface area (Å²) in [7, 11) is 0. The molecule has 0 aliphatic carbocycles. The summed E-state index contributed by atoms with van der Waals surface area (Å²) in [6.45, 7) is 0. The second kappa shape index (κ2) is 5.32. The molecule has 0 spiro atoms. The van der Waals surface area contributed by atoms with E-state index >= 15 is 0 Å². The van der Waals surface area contributed by atoms with Crippen molar-refractivity contribution in [3.8, 4) is 11.6 Å². The van der Waals surface area contributed by atoms with Gasteiger partial charge in [-0.1, -0.05) is 11.6 Å². The zero-order chi connectivity index (χ0) is 13.1. The van der Waals surface area contributed by atoms with E-state index in [0.717, 1.165) is 4.47 Å². The van der Waals surface area contributed by atoms with E-state index in [1.807, 2.05) is 0 Å². The van der Waals surface area contributed by atoms with Crippen molar-refractivity contribution in [1.29, 1.82) is 0 Å². The van der Waals surface area contributed by atoms with E-state index in [4.69, 9.17) is 16.3 Å². The number of nitro benzene ring substituents is 1. The number of halogens is 2. The first kappa shape index (κ1) is 12.8. The Hall–Kier alpha value is -1.66. The van der Waals surface area contributed by atoms with Crippen molar-refractivity contribution in [1.82, 2.24) is 4.98 Å². The van der Waals surface area contributed by atoms with Gasteiger partial charge in [0.15, 0.2) is 0 Å². The van der Waals surface area contributed by atoms with Gasteiger partial charge in [0.05, 0.1) is 4.92 Å². The molecular formula is C11H6BrClN2O3. The number of rotatable bonds is 3. The van der Waals surface area contributed by atoms with Gasteiger partial charge in [0.25, 0.3) is 0 Å². The van der Waals surface area contributed by atoms with Gasteiger partial charge >= 0.3 is 5.69 Å². The molecule has 0 unspecified atom stereocenters. The van der Waals surface area contributed by atoms with E-state index in [1.165, 1.54) is 24.4 Å². The first-order valence-electron chi connectivity index (χ1n) is 4.79. The third-order valence-corrected chi connectivity index (χ3v) is 2.74. The number of hydrogen-bond donors (Lipinski definition) is 0. The molecule has 0 saturated carbocycles. The number of hydrogen-bond acceptors (Lipinski definition) is 4. The molecular weight excluding hydrogens is 323 g/mol. The maximum absolute atomic E-state index is 10.9. The molecule has 0 N–H and O–H groups in total. The molecule has 1 aromatic carbocycles. The van der Waals surface area contributed by atoms with Gasteiger partial charge in [-0.15, -0.1) is 0 Å². The Kier molecular flexibility index (Phi) is 3.78. The van der Waals surface area contributed by atoms with Crippen LogP contribution in [0.4, 0.5) is 5.69 Å². The molecule has 0 saturated heterocycles. The second-order valence-corrected chi connectivity index (χ2v) is 4.64. The summed E-state index contributed by atoms with van der Waals surface area (Å²) in [5.41, 5.74) is -0.202. The molecule has 2 aromatic rings. The van der Waals surface area contributed by atoms with E-state index in [1.54, 1.807) is 12.1 Å². The summed E-state index contributed by atoms with van der Waals surface area (Å²) in [5, 5.41) is 11.1. The van der Waals surface area contributed by atoms with Gasteiger partial charge in [-0.05, 0) is 34.1 Å². The molecule has 2 rings (SSSR count). The molecule has 1 aromatic heterocycles. The molecule has 5 nitrogen and oxygen atoms in total. The zero-order valence-corrected chi connectivity index (χ0v) is 11.2. The Bertz CT molecular complexity index is 589. The fourth-order valence-electron chi connectivity index (χ4n) is 1.25. The van der Waals surface area contributed by atoms with Gasteiger partial charge in [-0.25, -0.2) is 4.98 Å². The molecule has 0 aliphatic rings. The minimum atomic E-state index is -0.555. The number of pyridine rings is 1. The summed E-state index contributed by atoms with van der Waals surface area (Å²) >= 11 is 8.94. The van der Waals surface area contributed by atoms with Crippen LogP contribution in [0.1, 0.15) is 0 Å². The van der Waals surface area contributed by atoms with Crippen molar-refractivity contribution < 1.29 is 9.66 Å². The molecule has 0 fully saturated rings. The first-order valence-corrected chi connectivity index (χ1v) is 5.97. The molecule has 0 radical (unpaired) electrons. The zero-order valence-electron chi connectivity index (χ0n) is 8.84. The highest BCUT2D eigenvalue weighted by Crippen LogP contribution is 2.32. The number of nitro groups is 1. The van der Waals surface area contributed by atoms with Gasteiger partial charge in [-0.3, -0.25) is 10.1 Å². The van der Waals surface area contributed by atoms with Gasteiger partial charge in [0, 0.05) is 27.8 Å². The molecule has 0 amide bonds. The lowest BCUT2D eigenvalue weighted by Crippen LogP contribution is -1.94. The largest absolute Gasteiger partial charge is 0.432 e. The Morgan fingerprint density at radius 2 is 2.11 bits per heavy atom.